The van der Waals surface area contributed by atoms with Crippen molar-refractivity contribution in [3.63, 3.8) is 0 Å². The summed E-state index contributed by atoms with van der Waals surface area (Å²) in [5.74, 6) is -0.285. The molecule has 0 radical (unpaired) electrons. The van der Waals surface area contributed by atoms with E-state index in [0.29, 0.717) is 43.7 Å². The maximum absolute atomic E-state index is 13.1. The Morgan fingerprint density at radius 1 is 1.28 bits per heavy atom. The van der Waals surface area contributed by atoms with Crippen LogP contribution in [0.4, 0.5) is 4.39 Å². The van der Waals surface area contributed by atoms with E-state index in [4.69, 9.17) is 9.26 Å². The molecular formula is C21H26FN3O6S. The lowest BCUT2D eigenvalue weighted by Crippen LogP contribution is -2.64. The Balaban J connectivity index is 1.41. The van der Waals surface area contributed by atoms with Crippen LogP contribution in [0.2, 0.25) is 0 Å². The molecule has 1 amide bonds. The maximum atomic E-state index is 13.1. The van der Waals surface area contributed by atoms with Crippen LogP contribution in [0.1, 0.15) is 36.7 Å². The average Bonchev–Trinajstić information content (AvgIpc) is 3.21. The SMILES string of the molecule is C[C@]1(O)COC2(CCN(C(=O)c3cc(-c4ccc(F)cc4)on3)CC2)C[C@@H]1NS(C)(=O)=O. The van der Waals surface area contributed by atoms with Crippen molar-refractivity contribution in [3.05, 3.63) is 41.8 Å². The molecule has 0 aliphatic carbocycles. The molecule has 2 saturated heterocycles. The highest BCUT2D eigenvalue weighted by molar-refractivity contribution is 7.88. The normalized spacial score (nSPS) is 25.8. The summed E-state index contributed by atoms with van der Waals surface area (Å²) in [4.78, 5) is 14.5. The van der Waals surface area contributed by atoms with Gasteiger partial charge in [-0.05, 0) is 50.5 Å². The highest BCUT2D eigenvalue weighted by Gasteiger charge is 2.49. The van der Waals surface area contributed by atoms with Gasteiger partial charge in [-0.3, -0.25) is 4.79 Å². The van der Waals surface area contributed by atoms with E-state index >= 15 is 0 Å². The van der Waals surface area contributed by atoms with Gasteiger partial charge in [-0.25, -0.2) is 17.5 Å². The number of nitrogens with one attached hydrogen (secondary N) is 1. The quantitative estimate of drug-likeness (QED) is 0.700. The van der Waals surface area contributed by atoms with Gasteiger partial charge in [0, 0.05) is 24.7 Å². The number of benzene rings is 1. The highest BCUT2D eigenvalue weighted by atomic mass is 32.2. The summed E-state index contributed by atoms with van der Waals surface area (Å²) < 4.78 is 50.3. The molecule has 3 heterocycles. The summed E-state index contributed by atoms with van der Waals surface area (Å²) in [6, 6.07) is 6.55. The molecule has 11 heteroatoms. The largest absolute Gasteiger partial charge is 0.386 e. The lowest BCUT2D eigenvalue weighted by atomic mass is 9.78. The van der Waals surface area contributed by atoms with Gasteiger partial charge in [-0.1, -0.05) is 5.16 Å². The van der Waals surface area contributed by atoms with Crippen LogP contribution in [-0.4, -0.2) is 72.7 Å². The number of likely N-dealkylation sites (tertiary alicyclic amines) is 1. The zero-order valence-electron chi connectivity index (χ0n) is 17.9. The van der Waals surface area contributed by atoms with Crippen LogP contribution in [-0.2, 0) is 14.8 Å². The second-order valence-electron chi connectivity index (χ2n) is 8.85. The number of piperidine rings is 1. The van der Waals surface area contributed by atoms with E-state index in [9.17, 15) is 22.7 Å². The Kier molecular flexibility index (Phi) is 5.86. The van der Waals surface area contributed by atoms with Crippen molar-refractivity contribution in [2.45, 2.75) is 43.4 Å². The fourth-order valence-electron chi connectivity index (χ4n) is 4.23. The van der Waals surface area contributed by atoms with Crippen molar-refractivity contribution in [2.24, 2.45) is 0 Å². The molecule has 4 rings (SSSR count). The first-order chi connectivity index (χ1) is 15.0. The minimum atomic E-state index is -3.50. The number of nitrogens with zero attached hydrogens (tertiary/aromatic N) is 2. The first-order valence-electron chi connectivity index (χ1n) is 10.3. The molecule has 2 fully saturated rings. The zero-order chi connectivity index (χ0) is 23.1. The summed E-state index contributed by atoms with van der Waals surface area (Å²) in [6.07, 6.45) is 2.37. The number of rotatable bonds is 4. The van der Waals surface area contributed by atoms with E-state index in [-0.39, 0.29) is 24.0 Å². The van der Waals surface area contributed by atoms with Crippen LogP contribution in [0.25, 0.3) is 11.3 Å². The second kappa shape index (κ2) is 8.22. The van der Waals surface area contributed by atoms with Crippen LogP contribution in [0.5, 0.6) is 0 Å². The summed E-state index contributed by atoms with van der Waals surface area (Å²) in [5, 5.41) is 14.4. The number of hydrogen-bond acceptors (Lipinski definition) is 7. The van der Waals surface area contributed by atoms with Crippen molar-refractivity contribution in [1.29, 1.82) is 0 Å². The van der Waals surface area contributed by atoms with Crippen LogP contribution < -0.4 is 4.72 Å². The standard InChI is InChI=1S/C21H26FN3O6S/c1-20(27)13-30-21(12-18(20)24-32(2,28)29)7-9-25(10-8-21)19(26)16-11-17(31-23-16)14-3-5-15(22)6-4-14/h3-6,11,18,24,27H,7-10,12-13H2,1-2H3/t18-,20-/m0/s1. The average molecular weight is 468 g/mol. The van der Waals surface area contributed by atoms with Crippen molar-refractivity contribution >= 4 is 15.9 Å². The molecule has 1 aromatic heterocycles. The summed E-state index contributed by atoms with van der Waals surface area (Å²) in [6.45, 7) is 2.33. The molecule has 2 N–H and O–H groups in total. The molecule has 2 aromatic rings. The van der Waals surface area contributed by atoms with Crippen molar-refractivity contribution in [3.8, 4) is 11.3 Å². The summed E-state index contributed by atoms with van der Waals surface area (Å²) >= 11 is 0. The Bertz CT molecular complexity index is 1090. The molecule has 0 saturated carbocycles. The number of aliphatic hydroxyl groups is 1. The number of hydrogen-bond donors (Lipinski definition) is 2. The number of ether oxygens (including phenoxy) is 1. The molecular weight excluding hydrogens is 441 g/mol. The first kappa shape index (κ1) is 22.8. The summed E-state index contributed by atoms with van der Waals surface area (Å²) in [5.41, 5.74) is -1.17. The molecule has 32 heavy (non-hydrogen) atoms. The number of halogens is 1. The molecule has 9 nitrogen and oxygen atoms in total. The molecule has 2 aliphatic heterocycles. The lowest BCUT2D eigenvalue weighted by molar-refractivity contribution is -0.187. The van der Waals surface area contributed by atoms with Gasteiger partial charge < -0.3 is 19.3 Å². The molecule has 2 atom stereocenters. The van der Waals surface area contributed by atoms with Crippen molar-refractivity contribution < 1.29 is 32.0 Å². The fraction of sp³-hybridized carbons (Fsp3) is 0.524. The minimum Gasteiger partial charge on any atom is -0.386 e. The number of aromatic nitrogens is 1. The van der Waals surface area contributed by atoms with Crippen LogP contribution in [0.15, 0.2) is 34.9 Å². The maximum Gasteiger partial charge on any atom is 0.276 e. The van der Waals surface area contributed by atoms with Gasteiger partial charge in [-0.15, -0.1) is 0 Å². The van der Waals surface area contributed by atoms with E-state index in [2.05, 4.69) is 9.88 Å². The number of carbonyl (C=O) groups is 1. The molecule has 0 unspecified atom stereocenters. The van der Waals surface area contributed by atoms with E-state index in [1.807, 2.05) is 0 Å². The lowest BCUT2D eigenvalue weighted by Gasteiger charge is -2.50. The monoisotopic (exact) mass is 467 g/mol. The minimum absolute atomic E-state index is 0.00154. The van der Waals surface area contributed by atoms with Crippen LogP contribution in [0, 0.1) is 5.82 Å². The van der Waals surface area contributed by atoms with Gasteiger partial charge in [-0.2, -0.15) is 0 Å². The molecule has 1 aromatic carbocycles. The summed E-state index contributed by atoms with van der Waals surface area (Å²) in [7, 11) is -3.50. The predicted octanol–water partition coefficient (Wildman–Crippen LogP) is 1.54. The van der Waals surface area contributed by atoms with Gasteiger partial charge in [0.1, 0.15) is 11.4 Å². The Hall–Kier alpha value is -2.34. The molecule has 0 bridgehead atoms. The van der Waals surface area contributed by atoms with Gasteiger partial charge >= 0.3 is 0 Å². The second-order valence-corrected chi connectivity index (χ2v) is 10.6. The third kappa shape index (κ3) is 4.85. The third-order valence-electron chi connectivity index (χ3n) is 6.17. The topological polar surface area (TPSA) is 122 Å². The van der Waals surface area contributed by atoms with Gasteiger partial charge in [0.25, 0.3) is 5.91 Å². The van der Waals surface area contributed by atoms with E-state index in [1.165, 1.54) is 18.2 Å². The predicted molar refractivity (Wildman–Crippen MR) is 113 cm³/mol. The van der Waals surface area contributed by atoms with Crippen molar-refractivity contribution in [2.75, 3.05) is 26.0 Å². The van der Waals surface area contributed by atoms with Crippen molar-refractivity contribution in [1.82, 2.24) is 14.8 Å². The number of carbonyl (C=O) groups excluding carboxylic acids is 1. The fourth-order valence-corrected chi connectivity index (χ4v) is 5.09. The first-order valence-corrected chi connectivity index (χ1v) is 12.2. The Labute approximate surface area is 185 Å². The smallest absolute Gasteiger partial charge is 0.276 e. The van der Waals surface area contributed by atoms with Gasteiger partial charge in [0.2, 0.25) is 10.0 Å². The van der Waals surface area contributed by atoms with Crippen LogP contribution in [0.3, 0.4) is 0 Å². The zero-order valence-corrected chi connectivity index (χ0v) is 18.7. The van der Waals surface area contributed by atoms with Crippen LogP contribution >= 0.6 is 0 Å². The number of sulfonamides is 1. The third-order valence-corrected chi connectivity index (χ3v) is 6.89. The molecule has 1 spiro atoms. The van der Waals surface area contributed by atoms with E-state index < -0.39 is 27.3 Å². The molecule has 174 valence electrons. The van der Waals surface area contributed by atoms with Gasteiger partial charge in [0.15, 0.2) is 11.5 Å². The number of amides is 1. The van der Waals surface area contributed by atoms with E-state index in [0.717, 1.165) is 6.26 Å². The van der Waals surface area contributed by atoms with E-state index in [1.54, 1.807) is 24.0 Å². The highest BCUT2D eigenvalue weighted by Crippen LogP contribution is 2.39. The van der Waals surface area contributed by atoms with Gasteiger partial charge in [0.05, 0.1) is 24.5 Å². The Morgan fingerprint density at radius 2 is 1.94 bits per heavy atom. The Morgan fingerprint density at radius 3 is 2.56 bits per heavy atom. The molecule has 2 aliphatic rings.